The molecule has 0 spiro atoms. The Balaban J connectivity index is 1.68. The first-order valence-corrected chi connectivity index (χ1v) is 9.45. The molecule has 1 aromatic carbocycles. The van der Waals surface area contributed by atoms with Crippen molar-refractivity contribution in [2.24, 2.45) is 0 Å². The highest BCUT2D eigenvalue weighted by Gasteiger charge is 2.15. The fraction of sp³-hybridized carbons (Fsp3) is 0.650. The summed E-state index contributed by atoms with van der Waals surface area (Å²) in [5.41, 5.74) is 1.14. The topological polar surface area (TPSA) is 41.6 Å². The number of carbonyl (C=O) groups excluding carboxylic acids is 1. The SMILES string of the molecule is CCc1ccccc1OC(C)C(=O)NCCCN1CCCCCC1. The van der Waals surface area contributed by atoms with E-state index in [0.29, 0.717) is 0 Å². The molecular formula is C20H32N2O2. The maximum atomic E-state index is 12.2. The molecule has 4 nitrogen and oxygen atoms in total. The number of amides is 1. The molecule has 0 radical (unpaired) electrons. The second kappa shape index (κ2) is 10.3. The molecule has 24 heavy (non-hydrogen) atoms. The lowest BCUT2D eigenvalue weighted by Crippen LogP contribution is -2.38. The molecule has 1 amide bonds. The first-order chi connectivity index (χ1) is 11.7. The van der Waals surface area contributed by atoms with Gasteiger partial charge in [0.1, 0.15) is 5.75 Å². The summed E-state index contributed by atoms with van der Waals surface area (Å²) in [4.78, 5) is 14.7. The fourth-order valence-corrected chi connectivity index (χ4v) is 3.17. The summed E-state index contributed by atoms with van der Waals surface area (Å²) in [7, 11) is 0. The normalized spacial score (nSPS) is 17.1. The van der Waals surface area contributed by atoms with E-state index in [4.69, 9.17) is 4.74 Å². The average Bonchev–Trinajstić information content (AvgIpc) is 2.87. The number of hydrogen-bond donors (Lipinski definition) is 1. The second-order valence-electron chi connectivity index (χ2n) is 6.62. The van der Waals surface area contributed by atoms with Gasteiger partial charge in [0.25, 0.3) is 5.91 Å². The van der Waals surface area contributed by atoms with Crippen LogP contribution >= 0.6 is 0 Å². The van der Waals surface area contributed by atoms with E-state index in [2.05, 4.69) is 17.1 Å². The van der Waals surface area contributed by atoms with Gasteiger partial charge in [0.15, 0.2) is 6.10 Å². The molecule has 1 N–H and O–H groups in total. The lowest BCUT2D eigenvalue weighted by molar-refractivity contribution is -0.127. The van der Waals surface area contributed by atoms with Crippen molar-refractivity contribution in [3.63, 3.8) is 0 Å². The monoisotopic (exact) mass is 332 g/mol. The standard InChI is InChI=1S/C20H32N2O2/c1-3-18-11-6-7-12-19(18)24-17(2)20(23)21-13-10-16-22-14-8-4-5-9-15-22/h6-7,11-12,17H,3-5,8-10,13-16H2,1-2H3,(H,21,23). The minimum Gasteiger partial charge on any atom is -0.481 e. The molecule has 2 rings (SSSR count). The van der Waals surface area contributed by atoms with E-state index in [1.165, 1.54) is 38.8 Å². The van der Waals surface area contributed by atoms with Gasteiger partial charge in [0, 0.05) is 6.54 Å². The van der Waals surface area contributed by atoms with Gasteiger partial charge in [-0.15, -0.1) is 0 Å². The van der Waals surface area contributed by atoms with Gasteiger partial charge in [0.2, 0.25) is 0 Å². The van der Waals surface area contributed by atoms with Crippen molar-refractivity contribution >= 4 is 5.91 Å². The van der Waals surface area contributed by atoms with E-state index in [9.17, 15) is 4.79 Å². The van der Waals surface area contributed by atoms with E-state index in [1.807, 2.05) is 31.2 Å². The summed E-state index contributed by atoms with van der Waals surface area (Å²) < 4.78 is 5.84. The third kappa shape index (κ3) is 6.16. The third-order valence-corrected chi connectivity index (χ3v) is 4.68. The van der Waals surface area contributed by atoms with Crippen LogP contribution in [0.15, 0.2) is 24.3 Å². The molecular weight excluding hydrogens is 300 g/mol. The third-order valence-electron chi connectivity index (χ3n) is 4.68. The molecule has 1 aliphatic heterocycles. The zero-order valence-electron chi connectivity index (χ0n) is 15.2. The van der Waals surface area contributed by atoms with Crippen molar-refractivity contribution in [1.82, 2.24) is 10.2 Å². The van der Waals surface area contributed by atoms with Crippen molar-refractivity contribution in [1.29, 1.82) is 0 Å². The molecule has 0 saturated carbocycles. The van der Waals surface area contributed by atoms with Crippen LogP contribution in [0.25, 0.3) is 0 Å². The summed E-state index contributed by atoms with van der Waals surface area (Å²) in [6, 6.07) is 7.92. The summed E-state index contributed by atoms with van der Waals surface area (Å²) in [6.45, 7) is 8.13. The number of nitrogens with one attached hydrogen (secondary N) is 1. The number of hydrogen-bond acceptors (Lipinski definition) is 3. The number of benzene rings is 1. The molecule has 134 valence electrons. The number of ether oxygens (including phenoxy) is 1. The Bertz CT molecular complexity index is 496. The van der Waals surface area contributed by atoms with Gasteiger partial charge in [-0.2, -0.15) is 0 Å². The van der Waals surface area contributed by atoms with E-state index in [1.54, 1.807) is 0 Å². The van der Waals surface area contributed by atoms with E-state index >= 15 is 0 Å². The van der Waals surface area contributed by atoms with Crippen LogP contribution < -0.4 is 10.1 Å². The van der Waals surface area contributed by atoms with Crippen LogP contribution in [0, 0.1) is 0 Å². The molecule has 0 aliphatic carbocycles. The van der Waals surface area contributed by atoms with Crippen molar-refractivity contribution in [2.75, 3.05) is 26.2 Å². The van der Waals surface area contributed by atoms with Crippen molar-refractivity contribution in [3.8, 4) is 5.75 Å². The smallest absolute Gasteiger partial charge is 0.260 e. The van der Waals surface area contributed by atoms with Crippen molar-refractivity contribution in [3.05, 3.63) is 29.8 Å². The van der Waals surface area contributed by atoms with E-state index < -0.39 is 6.10 Å². The number of rotatable bonds is 8. The molecule has 4 heteroatoms. The summed E-state index contributed by atoms with van der Waals surface area (Å²) in [5, 5.41) is 3.00. The number of nitrogens with zero attached hydrogens (tertiary/aromatic N) is 1. The molecule has 1 saturated heterocycles. The zero-order valence-corrected chi connectivity index (χ0v) is 15.2. The first kappa shape index (κ1) is 18.8. The van der Waals surface area contributed by atoms with Gasteiger partial charge in [-0.1, -0.05) is 38.0 Å². The Morgan fingerprint density at radius 1 is 1.21 bits per heavy atom. The average molecular weight is 332 g/mol. The van der Waals surface area contributed by atoms with Crippen LogP contribution in [0.5, 0.6) is 5.75 Å². The number of likely N-dealkylation sites (tertiary alicyclic amines) is 1. The second-order valence-corrected chi connectivity index (χ2v) is 6.62. The minimum absolute atomic E-state index is 0.0308. The molecule has 1 atom stereocenters. The maximum absolute atomic E-state index is 12.2. The van der Waals surface area contributed by atoms with Crippen LogP contribution in [0.3, 0.4) is 0 Å². The van der Waals surface area contributed by atoms with Crippen molar-refractivity contribution < 1.29 is 9.53 Å². The largest absolute Gasteiger partial charge is 0.481 e. The van der Waals surface area contributed by atoms with Crippen molar-refractivity contribution in [2.45, 2.75) is 58.5 Å². The molecule has 1 unspecified atom stereocenters. The molecule has 0 bridgehead atoms. The highest BCUT2D eigenvalue weighted by Crippen LogP contribution is 2.19. The van der Waals surface area contributed by atoms with Gasteiger partial charge in [-0.3, -0.25) is 4.79 Å². The summed E-state index contributed by atoms with van der Waals surface area (Å²) >= 11 is 0. The van der Waals surface area contributed by atoms with Crippen LogP contribution in [0.2, 0.25) is 0 Å². The van der Waals surface area contributed by atoms with Gasteiger partial charge >= 0.3 is 0 Å². The number of aryl methyl sites for hydroxylation is 1. The Morgan fingerprint density at radius 2 is 1.92 bits per heavy atom. The van der Waals surface area contributed by atoms with Crippen LogP contribution in [-0.4, -0.2) is 43.1 Å². The van der Waals surface area contributed by atoms with Gasteiger partial charge < -0.3 is 15.0 Å². The van der Waals surface area contributed by atoms with Crippen LogP contribution in [-0.2, 0) is 11.2 Å². The minimum atomic E-state index is -0.462. The van der Waals surface area contributed by atoms with E-state index in [-0.39, 0.29) is 5.91 Å². The maximum Gasteiger partial charge on any atom is 0.260 e. The van der Waals surface area contributed by atoms with Gasteiger partial charge in [-0.05, 0) is 63.9 Å². The predicted octanol–water partition coefficient (Wildman–Crippen LogP) is 3.40. The van der Waals surface area contributed by atoms with Crippen LogP contribution in [0.1, 0.15) is 51.5 Å². The quantitative estimate of drug-likeness (QED) is 0.742. The molecule has 1 fully saturated rings. The highest BCUT2D eigenvalue weighted by atomic mass is 16.5. The van der Waals surface area contributed by atoms with Crippen LogP contribution in [0.4, 0.5) is 0 Å². The fourth-order valence-electron chi connectivity index (χ4n) is 3.17. The lowest BCUT2D eigenvalue weighted by Gasteiger charge is -2.20. The Labute approximate surface area is 146 Å². The molecule has 1 aromatic rings. The van der Waals surface area contributed by atoms with E-state index in [0.717, 1.165) is 37.2 Å². The summed E-state index contributed by atoms with van der Waals surface area (Å²) in [5.74, 6) is 0.781. The first-order valence-electron chi connectivity index (χ1n) is 9.45. The Kier molecular flexibility index (Phi) is 8.10. The van der Waals surface area contributed by atoms with Gasteiger partial charge in [0.05, 0.1) is 0 Å². The molecule has 1 aliphatic rings. The predicted molar refractivity (Wildman–Crippen MR) is 98.4 cm³/mol. The summed E-state index contributed by atoms with van der Waals surface area (Å²) in [6.07, 6.45) is 6.80. The molecule has 0 aromatic heterocycles. The number of para-hydroxylation sites is 1. The number of carbonyl (C=O) groups is 1. The lowest BCUT2D eigenvalue weighted by atomic mass is 10.1. The Hall–Kier alpha value is -1.55. The Morgan fingerprint density at radius 3 is 2.62 bits per heavy atom. The van der Waals surface area contributed by atoms with Gasteiger partial charge in [-0.25, -0.2) is 0 Å². The highest BCUT2D eigenvalue weighted by molar-refractivity contribution is 5.80. The zero-order chi connectivity index (χ0) is 17.2. The molecule has 1 heterocycles.